The Labute approximate surface area is 189 Å². The van der Waals surface area contributed by atoms with Crippen molar-refractivity contribution in [2.75, 3.05) is 26.2 Å². The fourth-order valence-electron chi connectivity index (χ4n) is 5.21. The maximum atomic E-state index is 12.3. The standard InChI is InChI=1S/C26H30N4O2/c1-29-25(15-24(28-29)19-8-4-2-5-9-19)23-17-30-13-12-20(23)14-21(30)16-27-26(31)18-32-22-10-6-3-7-11-22/h2-11,15,20-21,23H,12-14,16-18H2,1H3,(H,27,31). The Morgan fingerprint density at radius 3 is 2.59 bits per heavy atom. The molecular formula is C26H30N4O2. The molecule has 2 bridgehead atoms. The monoisotopic (exact) mass is 430 g/mol. The van der Waals surface area contributed by atoms with Crippen LogP contribution in [0.2, 0.25) is 0 Å². The molecule has 3 fully saturated rings. The summed E-state index contributed by atoms with van der Waals surface area (Å²) in [6.07, 6.45) is 2.31. The lowest BCUT2D eigenvalue weighted by Crippen LogP contribution is -2.56. The van der Waals surface area contributed by atoms with Gasteiger partial charge in [0.15, 0.2) is 6.61 Å². The number of hydrogen-bond donors (Lipinski definition) is 1. The molecule has 0 radical (unpaired) electrons. The molecule has 0 aliphatic carbocycles. The molecule has 166 valence electrons. The average Bonchev–Trinajstić information content (AvgIpc) is 3.24. The molecule has 0 spiro atoms. The third-order valence-corrected chi connectivity index (χ3v) is 6.89. The van der Waals surface area contributed by atoms with Crippen LogP contribution in [0.3, 0.4) is 0 Å². The van der Waals surface area contributed by atoms with Crippen molar-refractivity contribution in [3.63, 3.8) is 0 Å². The van der Waals surface area contributed by atoms with Crippen molar-refractivity contribution in [3.05, 3.63) is 72.4 Å². The lowest BCUT2D eigenvalue weighted by molar-refractivity contribution is -0.123. The molecule has 6 rings (SSSR count). The highest BCUT2D eigenvalue weighted by atomic mass is 16.5. The minimum atomic E-state index is -0.0628. The zero-order valence-corrected chi connectivity index (χ0v) is 18.5. The third kappa shape index (κ3) is 4.41. The van der Waals surface area contributed by atoms with Gasteiger partial charge in [0.05, 0.1) is 5.69 Å². The van der Waals surface area contributed by atoms with Crippen molar-refractivity contribution in [2.24, 2.45) is 13.0 Å². The maximum absolute atomic E-state index is 12.3. The van der Waals surface area contributed by atoms with Gasteiger partial charge >= 0.3 is 0 Å². The van der Waals surface area contributed by atoms with E-state index >= 15 is 0 Å². The Morgan fingerprint density at radius 2 is 1.88 bits per heavy atom. The highest BCUT2D eigenvalue weighted by molar-refractivity contribution is 5.77. The Hall–Kier alpha value is -3.12. The van der Waals surface area contributed by atoms with Gasteiger partial charge in [-0.15, -0.1) is 0 Å². The number of nitrogens with one attached hydrogen (secondary N) is 1. The molecule has 6 heteroatoms. The van der Waals surface area contributed by atoms with Crippen molar-refractivity contribution >= 4 is 5.91 Å². The number of aromatic nitrogens is 2. The Morgan fingerprint density at radius 1 is 1.12 bits per heavy atom. The summed E-state index contributed by atoms with van der Waals surface area (Å²) >= 11 is 0. The second kappa shape index (κ2) is 9.17. The Kier molecular flexibility index (Phi) is 5.95. The summed E-state index contributed by atoms with van der Waals surface area (Å²) in [5, 5.41) is 7.87. The summed E-state index contributed by atoms with van der Waals surface area (Å²) in [5.74, 6) is 1.78. The number of para-hydroxylation sites is 1. The number of carbonyl (C=O) groups is 1. The average molecular weight is 431 g/mol. The van der Waals surface area contributed by atoms with Gasteiger partial charge in [-0.1, -0.05) is 48.5 Å². The van der Waals surface area contributed by atoms with Crippen molar-refractivity contribution in [1.29, 1.82) is 0 Å². The smallest absolute Gasteiger partial charge is 0.257 e. The van der Waals surface area contributed by atoms with Crippen molar-refractivity contribution in [3.8, 4) is 17.0 Å². The largest absolute Gasteiger partial charge is 0.484 e. The SMILES string of the molecule is Cn1nc(-c2ccccc2)cc1C1CN2CCC1CC2CNC(=O)COc1ccccc1. The first-order chi connectivity index (χ1) is 15.7. The van der Waals surface area contributed by atoms with Crippen LogP contribution in [0.15, 0.2) is 66.7 Å². The molecule has 3 aliphatic rings. The van der Waals surface area contributed by atoms with E-state index in [0.717, 1.165) is 36.5 Å². The third-order valence-electron chi connectivity index (χ3n) is 6.89. The number of benzene rings is 2. The van der Waals surface area contributed by atoms with E-state index < -0.39 is 0 Å². The Balaban J connectivity index is 1.17. The van der Waals surface area contributed by atoms with E-state index in [-0.39, 0.29) is 12.5 Å². The van der Waals surface area contributed by atoms with E-state index in [9.17, 15) is 4.79 Å². The number of nitrogens with zero attached hydrogens (tertiary/aromatic N) is 3. The van der Waals surface area contributed by atoms with E-state index in [4.69, 9.17) is 9.84 Å². The molecule has 32 heavy (non-hydrogen) atoms. The van der Waals surface area contributed by atoms with Crippen LogP contribution >= 0.6 is 0 Å². The molecule has 3 saturated heterocycles. The van der Waals surface area contributed by atoms with E-state index in [1.165, 1.54) is 12.1 Å². The number of amides is 1. The lowest BCUT2D eigenvalue weighted by atomic mass is 9.74. The predicted octanol–water partition coefficient (Wildman–Crippen LogP) is 3.46. The summed E-state index contributed by atoms with van der Waals surface area (Å²) in [5.41, 5.74) is 3.52. The predicted molar refractivity (Wildman–Crippen MR) is 124 cm³/mol. The number of carbonyl (C=O) groups excluding carboxylic acids is 1. The first-order valence-electron chi connectivity index (χ1n) is 11.5. The molecule has 4 atom stereocenters. The van der Waals surface area contributed by atoms with Crippen LogP contribution in [0, 0.1) is 5.92 Å². The number of hydrogen-bond acceptors (Lipinski definition) is 4. The van der Waals surface area contributed by atoms with Gasteiger partial charge in [-0.3, -0.25) is 14.4 Å². The molecule has 1 N–H and O–H groups in total. The van der Waals surface area contributed by atoms with Crippen molar-refractivity contribution < 1.29 is 9.53 Å². The molecule has 4 heterocycles. The maximum Gasteiger partial charge on any atom is 0.257 e. The normalized spacial score (nSPS) is 24.3. The van der Waals surface area contributed by atoms with Gasteiger partial charge in [0.2, 0.25) is 0 Å². The van der Waals surface area contributed by atoms with Crippen molar-refractivity contribution in [2.45, 2.75) is 24.8 Å². The summed E-state index contributed by atoms with van der Waals surface area (Å²) in [4.78, 5) is 14.8. The molecular weight excluding hydrogens is 400 g/mol. The van der Waals surface area contributed by atoms with Gasteiger partial charge in [0.25, 0.3) is 5.91 Å². The van der Waals surface area contributed by atoms with Gasteiger partial charge in [0, 0.05) is 43.4 Å². The van der Waals surface area contributed by atoms with Crippen LogP contribution in [-0.2, 0) is 11.8 Å². The zero-order valence-electron chi connectivity index (χ0n) is 18.5. The van der Waals surface area contributed by atoms with Gasteiger partial charge in [0.1, 0.15) is 5.75 Å². The Bertz CT molecular complexity index is 1050. The summed E-state index contributed by atoms with van der Waals surface area (Å²) in [6.45, 7) is 2.87. The lowest BCUT2D eigenvalue weighted by Gasteiger charge is -2.49. The number of ether oxygens (including phenoxy) is 1. The summed E-state index contributed by atoms with van der Waals surface area (Å²) < 4.78 is 7.62. The molecule has 0 saturated carbocycles. The van der Waals surface area contributed by atoms with Gasteiger partial charge in [-0.2, -0.15) is 5.10 Å². The fraction of sp³-hybridized carbons (Fsp3) is 0.385. The number of fused-ring (bicyclic) bond motifs is 3. The zero-order chi connectivity index (χ0) is 21.9. The molecule has 2 aromatic carbocycles. The second-order valence-electron chi connectivity index (χ2n) is 8.89. The number of aryl methyl sites for hydroxylation is 1. The van der Waals surface area contributed by atoms with E-state index in [0.29, 0.717) is 24.4 Å². The van der Waals surface area contributed by atoms with Gasteiger partial charge in [-0.05, 0) is 43.5 Å². The molecule has 6 nitrogen and oxygen atoms in total. The van der Waals surface area contributed by atoms with Crippen LogP contribution in [0.5, 0.6) is 5.75 Å². The second-order valence-corrected chi connectivity index (χ2v) is 8.89. The topological polar surface area (TPSA) is 59.4 Å². The van der Waals surface area contributed by atoms with Gasteiger partial charge in [-0.25, -0.2) is 0 Å². The highest BCUT2D eigenvalue weighted by Crippen LogP contribution is 2.42. The first-order valence-corrected chi connectivity index (χ1v) is 11.5. The van der Waals surface area contributed by atoms with Gasteiger partial charge < -0.3 is 10.1 Å². The first kappa shape index (κ1) is 20.8. The quantitative estimate of drug-likeness (QED) is 0.624. The van der Waals surface area contributed by atoms with E-state index in [1.807, 2.05) is 36.4 Å². The van der Waals surface area contributed by atoms with E-state index in [2.05, 4.69) is 52.3 Å². The van der Waals surface area contributed by atoms with Crippen LogP contribution in [0.4, 0.5) is 0 Å². The van der Waals surface area contributed by atoms with Crippen LogP contribution in [-0.4, -0.2) is 52.9 Å². The number of rotatable bonds is 7. The van der Waals surface area contributed by atoms with Crippen LogP contribution < -0.4 is 10.1 Å². The summed E-state index contributed by atoms with van der Waals surface area (Å²) in [7, 11) is 2.06. The van der Waals surface area contributed by atoms with Crippen LogP contribution in [0.1, 0.15) is 24.5 Å². The summed E-state index contributed by atoms with van der Waals surface area (Å²) in [6, 6.07) is 22.5. The fourth-order valence-corrected chi connectivity index (χ4v) is 5.21. The molecule has 1 amide bonds. The molecule has 3 aromatic rings. The highest BCUT2D eigenvalue weighted by Gasteiger charge is 2.41. The molecule has 3 aliphatic heterocycles. The minimum absolute atomic E-state index is 0.0556. The molecule has 1 aromatic heterocycles. The van der Waals surface area contributed by atoms with Crippen LogP contribution in [0.25, 0.3) is 11.3 Å². The number of piperidine rings is 3. The molecule has 4 unspecified atom stereocenters. The van der Waals surface area contributed by atoms with Crippen molar-refractivity contribution in [1.82, 2.24) is 20.0 Å². The van der Waals surface area contributed by atoms with E-state index in [1.54, 1.807) is 0 Å². The minimum Gasteiger partial charge on any atom is -0.484 e.